The van der Waals surface area contributed by atoms with Crippen molar-refractivity contribution in [2.75, 3.05) is 18.6 Å². The number of benzene rings is 1. The topological polar surface area (TPSA) is 72.8 Å². The first-order valence-electron chi connectivity index (χ1n) is 7.88. The van der Waals surface area contributed by atoms with Crippen LogP contribution in [0.15, 0.2) is 47.4 Å². The smallest absolute Gasteiger partial charge is 0.311 e. The number of hydrogen-bond acceptors (Lipinski definition) is 7. The maximum Gasteiger partial charge on any atom is 0.311 e. The van der Waals surface area contributed by atoms with Crippen LogP contribution in [0.25, 0.3) is 0 Å². The third-order valence-electron chi connectivity index (χ3n) is 3.09. The van der Waals surface area contributed by atoms with Gasteiger partial charge in [-0.25, -0.2) is 4.98 Å². The summed E-state index contributed by atoms with van der Waals surface area (Å²) in [6.45, 7) is 6.78. The van der Waals surface area contributed by atoms with Crippen molar-refractivity contribution in [2.45, 2.75) is 20.0 Å². The van der Waals surface area contributed by atoms with Gasteiger partial charge in [-0.1, -0.05) is 30.3 Å². The first-order chi connectivity index (χ1) is 12.2. The van der Waals surface area contributed by atoms with E-state index in [0.717, 1.165) is 11.1 Å². The van der Waals surface area contributed by atoms with E-state index >= 15 is 0 Å². The number of ether oxygens (including phenoxy) is 2. The van der Waals surface area contributed by atoms with E-state index in [1.54, 1.807) is 19.2 Å². The van der Waals surface area contributed by atoms with Gasteiger partial charge in [-0.05, 0) is 12.5 Å². The first-order valence-corrected chi connectivity index (χ1v) is 8.76. The minimum atomic E-state index is -0.281. The van der Waals surface area contributed by atoms with Gasteiger partial charge in [0.1, 0.15) is 0 Å². The molecule has 0 spiro atoms. The highest BCUT2D eigenvalue weighted by Crippen LogP contribution is 2.16. The summed E-state index contributed by atoms with van der Waals surface area (Å²) in [5.74, 6) is -0.281. The highest BCUT2D eigenvalue weighted by Gasteiger charge is 2.08. The lowest BCUT2D eigenvalue weighted by atomic mass is 10.1. The van der Waals surface area contributed by atoms with Crippen LogP contribution in [0.5, 0.6) is 0 Å². The Morgan fingerprint density at radius 2 is 2.28 bits per heavy atom. The van der Waals surface area contributed by atoms with E-state index in [9.17, 15) is 4.79 Å². The average Bonchev–Trinajstić information content (AvgIpc) is 3.04. The summed E-state index contributed by atoms with van der Waals surface area (Å²) >= 11 is 1.39. The minimum absolute atomic E-state index is 0.166. The number of hydrazone groups is 1. The van der Waals surface area contributed by atoms with Crippen molar-refractivity contribution in [3.63, 3.8) is 0 Å². The Hall–Kier alpha value is -2.51. The number of hydrogen-bond donors (Lipinski definition) is 1. The van der Waals surface area contributed by atoms with E-state index < -0.39 is 0 Å². The fourth-order valence-electron chi connectivity index (χ4n) is 2.00. The molecule has 0 saturated carbocycles. The lowest BCUT2D eigenvalue weighted by molar-refractivity contribution is -0.142. The van der Waals surface area contributed by atoms with Crippen molar-refractivity contribution in [1.29, 1.82) is 0 Å². The van der Waals surface area contributed by atoms with Crippen LogP contribution in [0.3, 0.4) is 0 Å². The minimum Gasteiger partial charge on any atom is -0.466 e. The van der Waals surface area contributed by atoms with Crippen molar-refractivity contribution >= 4 is 28.7 Å². The molecule has 0 aliphatic rings. The number of esters is 1. The average molecular weight is 359 g/mol. The summed E-state index contributed by atoms with van der Waals surface area (Å²) in [6, 6.07) is 7.86. The van der Waals surface area contributed by atoms with E-state index in [1.807, 2.05) is 29.6 Å². The van der Waals surface area contributed by atoms with Crippen LogP contribution in [0.1, 0.15) is 23.7 Å². The normalized spacial score (nSPS) is 10.8. The molecule has 2 rings (SSSR count). The summed E-state index contributed by atoms with van der Waals surface area (Å²) in [4.78, 5) is 15.7. The van der Waals surface area contributed by atoms with Crippen LogP contribution in [0, 0.1) is 0 Å². The molecule has 1 heterocycles. The fourth-order valence-corrected chi connectivity index (χ4v) is 2.66. The summed E-state index contributed by atoms with van der Waals surface area (Å²) in [7, 11) is 0. The van der Waals surface area contributed by atoms with Gasteiger partial charge in [-0.3, -0.25) is 10.2 Å². The lowest BCUT2D eigenvalue weighted by Crippen LogP contribution is -2.07. The maximum atomic E-state index is 11.4. The molecular weight excluding hydrogens is 338 g/mol. The molecule has 0 radical (unpaired) electrons. The van der Waals surface area contributed by atoms with Crippen LogP contribution in [0.2, 0.25) is 0 Å². The third kappa shape index (κ3) is 6.48. The van der Waals surface area contributed by atoms with Crippen molar-refractivity contribution in [1.82, 2.24) is 4.98 Å². The number of carbonyl (C=O) groups excluding carboxylic acids is 1. The Morgan fingerprint density at radius 3 is 3.08 bits per heavy atom. The quantitative estimate of drug-likeness (QED) is 0.231. The molecule has 0 bridgehead atoms. The second-order valence-electron chi connectivity index (χ2n) is 5.00. The van der Waals surface area contributed by atoms with Crippen molar-refractivity contribution in [3.8, 4) is 0 Å². The Labute approximate surface area is 151 Å². The summed E-state index contributed by atoms with van der Waals surface area (Å²) in [6.07, 6.45) is 3.60. The van der Waals surface area contributed by atoms with Crippen molar-refractivity contribution in [3.05, 3.63) is 59.1 Å². The highest BCUT2D eigenvalue weighted by molar-refractivity contribution is 7.13. The summed E-state index contributed by atoms with van der Waals surface area (Å²) < 4.78 is 10.4. The second-order valence-corrected chi connectivity index (χ2v) is 5.86. The molecule has 0 unspecified atom stereocenters. The molecule has 132 valence electrons. The zero-order valence-electron chi connectivity index (χ0n) is 14.1. The van der Waals surface area contributed by atoms with Crippen LogP contribution in [-0.2, 0) is 27.3 Å². The maximum absolute atomic E-state index is 11.4. The van der Waals surface area contributed by atoms with E-state index in [2.05, 4.69) is 22.1 Å². The van der Waals surface area contributed by atoms with Gasteiger partial charge in [0.15, 0.2) is 0 Å². The second kappa shape index (κ2) is 10.4. The molecule has 6 nitrogen and oxygen atoms in total. The van der Waals surface area contributed by atoms with Gasteiger partial charge >= 0.3 is 5.97 Å². The van der Waals surface area contributed by atoms with Gasteiger partial charge in [0.2, 0.25) is 5.13 Å². The molecule has 1 aromatic heterocycles. The molecule has 2 aromatic rings. The first kappa shape index (κ1) is 18.8. The molecule has 0 aliphatic heterocycles. The molecular formula is C18H21N3O3S. The predicted molar refractivity (Wildman–Crippen MR) is 100.0 cm³/mol. The number of nitrogens with one attached hydrogen (secondary N) is 1. The Kier molecular flexibility index (Phi) is 7.81. The van der Waals surface area contributed by atoms with E-state index in [0.29, 0.717) is 30.6 Å². The highest BCUT2D eigenvalue weighted by atomic mass is 32.1. The monoisotopic (exact) mass is 359 g/mol. The summed E-state index contributed by atoms with van der Waals surface area (Å²) in [5, 5.41) is 6.64. The number of rotatable bonds is 10. The number of carbonyl (C=O) groups is 1. The van der Waals surface area contributed by atoms with Crippen molar-refractivity contribution < 1.29 is 14.3 Å². The molecule has 0 amide bonds. The largest absolute Gasteiger partial charge is 0.466 e. The summed E-state index contributed by atoms with van der Waals surface area (Å²) in [5.41, 5.74) is 5.55. The molecule has 7 heteroatoms. The fraction of sp³-hybridized carbons (Fsp3) is 0.278. The van der Waals surface area contributed by atoms with Gasteiger partial charge in [0, 0.05) is 10.9 Å². The molecule has 1 N–H and O–H groups in total. The molecule has 1 aromatic carbocycles. The number of anilines is 1. The van der Waals surface area contributed by atoms with E-state index in [1.165, 1.54) is 11.3 Å². The van der Waals surface area contributed by atoms with E-state index in [-0.39, 0.29) is 12.4 Å². The third-order valence-corrected chi connectivity index (χ3v) is 3.89. The van der Waals surface area contributed by atoms with Gasteiger partial charge in [-0.2, -0.15) is 5.10 Å². The van der Waals surface area contributed by atoms with E-state index in [4.69, 9.17) is 9.47 Å². The molecule has 0 fully saturated rings. The van der Waals surface area contributed by atoms with Crippen LogP contribution < -0.4 is 5.43 Å². The number of aromatic nitrogens is 1. The van der Waals surface area contributed by atoms with Crippen LogP contribution >= 0.6 is 11.3 Å². The predicted octanol–water partition coefficient (Wildman–Crippen LogP) is 3.40. The Balaban J connectivity index is 1.92. The molecule has 0 atom stereocenters. The molecule has 25 heavy (non-hydrogen) atoms. The molecule has 0 saturated heterocycles. The zero-order valence-corrected chi connectivity index (χ0v) is 14.9. The Bertz CT molecular complexity index is 728. The SMILES string of the molecule is C=CCOCc1ccccc1C=NNc1nc(CC(=O)OCC)cs1. The lowest BCUT2D eigenvalue weighted by Gasteiger charge is -2.05. The number of nitrogens with zero attached hydrogens (tertiary/aromatic N) is 2. The van der Waals surface area contributed by atoms with Crippen LogP contribution in [-0.4, -0.2) is 30.4 Å². The standard InChI is InChI=1S/C18H21N3O3S/c1-3-9-23-12-15-8-6-5-7-14(15)11-19-21-18-20-16(13-25-18)10-17(22)24-4-2/h3,5-8,11,13H,1,4,9-10,12H2,2H3,(H,20,21). The van der Waals surface area contributed by atoms with Crippen LogP contribution in [0.4, 0.5) is 5.13 Å². The molecule has 0 aliphatic carbocycles. The zero-order chi connectivity index (χ0) is 17.9. The van der Waals surface area contributed by atoms with Gasteiger partial charge in [0.25, 0.3) is 0 Å². The van der Waals surface area contributed by atoms with Gasteiger partial charge < -0.3 is 9.47 Å². The van der Waals surface area contributed by atoms with Gasteiger partial charge in [-0.15, -0.1) is 17.9 Å². The number of thiazole rings is 1. The van der Waals surface area contributed by atoms with Gasteiger partial charge in [0.05, 0.1) is 38.1 Å². The van der Waals surface area contributed by atoms with Crippen molar-refractivity contribution in [2.24, 2.45) is 5.10 Å². The Morgan fingerprint density at radius 1 is 1.44 bits per heavy atom.